The first-order valence-corrected chi connectivity index (χ1v) is 9.71. The van der Waals surface area contributed by atoms with E-state index in [0.717, 1.165) is 38.5 Å². The van der Waals surface area contributed by atoms with Gasteiger partial charge in [-0.3, -0.25) is 9.59 Å². The molecule has 3 fully saturated rings. The van der Waals surface area contributed by atoms with E-state index in [0.29, 0.717) is 36.4 Å². The van der Waals surface area contributed by atoms with Gasteiger partial charge in [0.1, 0.15) is 11.4 Å². The smallest absolute Gasteiger partial charge is 0.161 e. The first-order chi connectivity index (χ1) is 11.3. The third kappa shape index (κ3) is 2.06. The molecule has 0 heterocycles. The standard InChI is InChI=1S/C21H30O3/c1-12-10-16-15-7-9-21(24,13(2)22)18(15)5-4-17(16)20(3)8-6-14(23)11-19(12)20/h15-18,24H,4-11H2,1-3H3. The number of carbonyl (C=O) groups excluding carboxylic acids is 2. The second-order valence-corrected chi connectivity index (χ2v) is 9.23. The fourth-order valence-electron chi connectivity index (χ4n) is 7.05. The average Bonchev–Trinajstić information content (AvgIpc) is 2.88. The van der Waals surface area contributed by atoms with Crippen LogP contribution >= 0.6 is 0 Å². The minimum Gasteiger partial charge on any atom is -0.382 e. The van der Waals surface area contributed by atoms with Gasteiger partial charge in [0.05, 0.1) is 0 Å². The Bertz CT molecular complexity index is 633. The van der Waals surface area contributed by atoms with E-state index in [-0.39, 0.29) is 17.1 Å². The van der Waals surface area contributed by atoms with Crippen molar-refractivity contribution in [1.82, 2.24) is 0 Å². The van der Waals surface area contributed by atoms with E-state index in [1.54, 1.807) is 6.92 Å². The molecule has 24 heavy (non-hydrogen) atoms. The number of ketones is 2. The molecule has 0 saturated heterocycles. The maximum Gasteiger partial charge on any atom is 0.161 e. The molecule has 6 atom stereocenters. The predicted octanol–water partition coefficient (Wildman–Crippen LogP) is 3.84. The molecule has 3 heteroatoms. The number of allylic oxidation sites excluding steroid dienone is 2. The normalized spacial score (nSPS) is 47.9. The SMILES string of the molecule is CC(=O)C1(O)CCC2C3CC(C)=C4CC(=O)CCC4(C)C3CCC21. The van der Waals surface area contributed by atoms with Gasteiger partial charge in [-0.25, -0.2) is 0 Å². The molecule has 0 aromatic rings. The first kappa shape index (κ1) is 16.5. The van der Waals surface area contributed by atoms with Crippen molar-refractivity contribution in [3.63, 3.8) is 0 Å². The molecule has 4 rings (SSSR count). The van der Waals surface area contributed by atoms with Crippen LogP contribution in [0, 0.1) is 29.1 Å². The monoisotopic (exact) mass is 330 g/mol. The van der Waals surface area contributed by atoms with Gasteiger partial charge in [0.2, 0.25) is 0 Å². The average molecular weight is 330 g/mol. The summed E-state index contributed by atoms with van der Waals surface area (Å²) >= 11 is 0. The van der Waals surface area contributed by atoms with Crippen LogP contribution in [-0.2, 0) is 9.59 Å². The van der Waals surface area contributed by atoms with Crippen LogP contribution in [0.1, 0.15) is 72.1 Å². The molecule has 132 valence electrons. The zero-order chi connectivity index (χ0) is 17.3. The van der Waals surface area contributed by atoms with E-state index in [1.165, 1.54) is 11.1 Å². The van der Waals surface area contributed by atoms with Crippen LogP contribution in [-0.4, -0.2) is 22.3 Å². The molecule has 0 bridgehead atoms. The number of rotatable bonds is 1. The summed E-state index contributed by atoms with van der Waals surface area (Å²) in [5.41, 5.74) is 1.95. The lowest BCUT2D eigenvalue weighted by molar-refractivity contribution is -0.143. The molecule has 1 N–H and O–H groups in total. The zero-order valence-corrected chi connectivity index (χ0v) is 15.2. The second-order valence-electron chi connectivity index (χ2n) is 9.23. The van der Waals surface area contributed by atoms with Gasteiger partial charge < -0.3 is 5.11 Å². The summed E-state index contributed by atoms with van der Waals surface area (Å²) < 4.78 is 0. The van der Waals surface area contributed by atoms with Gasteiger partial charge in [-0.2, -0.15) is 0 Å². The lowest BCUT2D eigenvalue weighted by Crippen LogP contribution is -2.51. The minimum absolute atomic E-state index is 0.0355. The number of carbonyl (C=O) groups is 2. The van der Waals surface area contributed by atoms with Gasteiger partial charge in [-0.05, 0) is 81.5 Å². The quantitative estimate of drug-likeness (QED) is 0.743. The Morgan fingerprint density at radius 2 is 1.83 bits per heavy atom. The second kappa shape index (κ2) is 5.27. The largest absolute Gasteiger partial charge is 0.382 e. The maximum absolute atomic E-state index is 12.1. The summed E-state index contributed by atoms with van der Waals surface area (Å²) in [6, 6.07) is 0. The van der Waals surface area contributed by atoms with Crippen LogP contribution in [0.5, 0.6) is 0 Å². The summed E-state index contributed by atoms with van der Waals surface area (Å²) in [5, 5.41) is 10.9. The van der Waals surface area contributed by atoms with Gasteiger partial charge in [0.15, 0.2) is 5.78 Å². The highest BCUT2D eigenvalue weighted by atomic mass is 16.3. The van der Waals surface area contributed by atoms with Gasteiger partial charge in [0, 0.05) is 12.8 Å². The van der Waals surface area contributed by atoms with Crippen molar-refractivity contribution in [2.45, 2.75) is 77.7 Å². The zero-order valence-electron chi connectivity index (χ0n) is 15.2. The van der Waals surface area contributed by atoms with E-state index in [9.17, 15) is 14.7 Å². The predicted molar refractivity (Wildman–Crippen MR) is 92.3 cm³/mol. The summed E-state index contributed by atoms with van der Waals surface area (Å²) in [6.45, 7) is 6.17. The summed E-state index contributed by atoms with van der Waals surface area (Å²) in [6.07, 6.45) is 7.15. The van der Waals surface area contributed by atoms with Crippen LogP contribution in [0.2, 0.25) is 0 Å². The Labute approximate surface area is 144 Å². The number of hydrogen-bond donors (Lipinski definition) is 1. The van der Waals surface area contributed by atoms with Crippen molar-refractivity contribution >= 4 is 11.6 Å². The van der Waals surface area contributed by atoms with E-state index in [4.69, 9.17) is 0 Å². The third-order valence-corrected chi connectivity index (χ3v) is 8.32. The van der Waals surface area contributed by atoms with Crippen molar-refractivity contribution in [2.75, 3.05) is 0 Å². The number of aliphatic hydroxyl groups is 1. The molecule has 4 aliphatic carbocycles. The number of hydrogen-bond acceptors (Lipinski definition) is 3. The minimum atomic E-state index is -1.07. The van der Waals surface area contributed by atoms with Gasteiger partial charge in [-0.15, -0.1) is 0 Å². The number of Topliss-reactive ketones (excluding diaryl/α,β-unsaturated/α-hetero) is 2. The summed E-state index contributed by atoms with van der Waals surface area (Å²) in [7, 11) is 0. The first-order valence-electron chi connectivity index (χ1n) is 9.71. The van der Waals surface area contributed by atoms with E-state index in [1.807, 2.05) is 0 Å². The Morgan fingerprint density at radius 3 is 2.54 bits per heavy atom. The Hall–Kier alpha value is -0.960. The molecule has 3 saturated carbocycles. The topological polar surface area (TPSA) is 54.4 Å². The van der Waals surface area contributed by atoms with Crippen molar-refractivity contribution in [3.05, 3.63) is 11.1 Å². The highest BCUT2D eigenvalue weighted by Gasteiger charge is 2.59. The highest BCUT2D eigenvalue weighted by Crippen LogP contribution is 2.63. The molecule has 0 amide bonds. The van der Waals surface area contributed by atoms with E-state index >= 15 is 0 Å². The van der Waals surface area contributed by atoms with Crippen LogP contribution < -0.4 is 0 Å². The molecule has 6 unspecified atom stereocenters. The molecule has 0 aromatic heterocycles. The molecule has 0 aliphatic heterocycles. The molecule has 3 nitrogen and oxygen atoms in total. The van der Waals surface area contributed by atoms with Crippen LogP contribution in [0.15, 0.2) is 11.1 Å². The van der Waals surface area contributed by atoms with Gasteiger partial charge in [0.25, 0.3) is 0 Å². The summed E-state index contributed by atoms with van der Waals surface area (Å²) in [4.78, 5) is 24.1. The van der Waals surface area contributed by atoms with Crippen LogP contribution in [0.4, 0.5) is 0 Å². The fourth-order valence-corrected chi connectivity index (χ4v) is 7.05. The summed E-state index contributed by atoms with van der Waals surface area (Å²) in [5.74, 6) is 2.20. The van der Waals surface area contributed by atoms with Gasteiger partial charge >= 0.3 is 0 Å². The Balaban J connectivity index is 1.70. The van der Waals surface area contributed by atoms with Crippen molar-refractivity contribution in [1.29, 1.82) is 0 Å². The molecular formula is C21H30O3. The van der Waals surface area contributed by atoms with Crippen LogP contribution in [0.25, 0.3) is 0 Å². The fraction of sp³-hybridized carbons (Fsp3) is 0.810. The van der Waals surface area contributed by atoms with Crippen molar-refractivity contribution in [2.24, 2.45) is 29.1 Å². The van der Waals surface area contributed by atoms with Crippen LogP contribution in [0.3, 0.4) is 0 Å². The maximum atomic E-state index is 12.1. The lowest BCUT2D eigenvalue weighted by Gasteiger charge is -2.56. The van der Waals surface area contributed by atoms with Gasteiger partial charge in [-0.1, -0.05) is 18.1 Å². The van der Waals surface area contributed by atoms with E-state index in [2.05, 4.69) is 13.8 Å². The third-order valence-electron chi connectivity index (χ3n) is 8.32. The van der Waals surface area contributed by atoms with E-state index < -0.39 is 5.60 Å². The molecular weight excluding hydrogens is 300 g/mol. The molecule has 0 spiro atoms. The Kier molecular flexibility index (Phi) is 3.62. The van der Waals surface area contributed by atoms with Crippen molar-refractivity contribution in [3.8, 4) is 0 Å². The lowest BCUT2D eigenvalue weighted by atomic mass is 9.49. The Morgan fingerprint density at radius 1 is 1.12 bits per heavy atom. The number of fused-ring (bicyclic) bond motifs is 5. The molecule has 0 aromatic carbocycles. The molecule has 4 aliphatic rings. The van der Waals surface area contributed by atoms with Crippen molar-refractivity contribution < 1.29 is 14.7 Å². The molecule has 0 radical (unpaired) electrons. The highest BCUT2D eigenvalue weighted by molar-refractivity contribution is 5.85.